The third-order valence-corrected chi connectivity index (χ3v) is 3.32. The third kappa shape index (κ3) is 2.43. The molecule has 0 atom stereocenters. The van der Waals surface area contributed by atoms with E-state index in [1.54, 1.807) is 0 Å². The summed E-state index contributed by atoms with van der Waals surface area (Å²) in [6, 6.07) is 0. The Morgan fingerprint density at radius 3 is 2.60 bits per heavy atom. The number of rotatable bonds is 6. The summed E-state index contributed by atoms with van der Waals surface area (Å²) in [5.74, 6) is 1.31. The van der Waals surface area contributed by atoms with Crippen molar-refractivity contribution in [2.24, 2.45) is 0 Å². The molecule has 0 saturated carbocycles. The van der Waals surface area contributed by atoms with Gasteiger partial charge in [-0.2, -0.15) is 0 Å². The van der Waals surface area contributed by atoms with Gasteiger partial charge in [0.05, 0.1) is 5.52 Å². The molecule has 0 saturated heterocycles. The summed E-state index contributed by atoms with van der Waals surface area (Å²) in [6.07, 6.45) is 0.851. The van der Waals surface area contributed by atoms with E-state index in [1.807, 2.05) is 11.6 Å². The Balaban J connectivity index is 2.67. The molecule has 0 aromatic carbocycles. The second kappa shape index (κ2) is 6.09. The van der Waals surface area contributed by atoms with Crippen molar-refractivity contribution in [3.63, 3.8) is 0 Å². The van der Waals surface area contributed by atoms with Crippen LogP contribution in [0.3, 0.4) is 0 Å². The highest BCUT2D eigenvalue weighted by Gasteiger charge is 2.18. The van der Waals surface area contributed by atoms with Crippen LogP contribution in [0, 0.1) is 6.92 Å². The zero-order valence-corrected chi connectivity index (χ0v) is 12.7. The van der Waals surface area contributed by atoms with Gasteiger partial charge in [0.15, 0.2) is 11.6 Å². The number of hydrogen-bond donors (Lipinski definition) is 2. The lowest BCUT2D eigenvalue weighted by atomic mass is 10.1. The average molecular weight is 277 g/mol. The fraction of sp³-hybridized carbons (Fsp3) is 0.571. The first kappa shape index (κ1) is 14.6. The maximum absolute atomic E-state index is 6.05. The van der Waals surface area contributed by atoms with Crippen molar-refractivity contribution >= 4 is 16.9 Å². The molecule has 0 fully saturated rings. The van der Waals surface area contributed by atoms with Crippen molar-refractivity contribution < 1.29 is 4.74 Å². The van der Waals surface area contributed by atoms with Gasteiger partial charge in [-0.15, -0.1) is 0 Å². The molecule has 0 spiro atoms. The summed E-state index contributed by atoms with van der Waals surface area (Å²) < 4.78 is 7.47. The maximum Gasteiger partial charge on any atom is 0.154 e. The van der Waals surface area contributed by atoms with Gasteiger partial charge < -0.3 is 15.9 Å². The minimum atomic E-state index is 0.457. The van der Waals surface area contributed by atoms with Gasteiger partial charge in [0, 0.05) is 18.8 Å². The van der Waals surface area contributed by atoms with E-state index in [9.17, 15) is 0 Å². The number of fused-ring (bicyclic) bond motifs is 1. The number of pyridine rings is 1. The van der Waals surface area contributed by atoms with E-state index >= 15 is 0 Å². The Morgan fingerprint density at radius 2 is 2.00 bits per heavy atom. The molecule has 6 heteroatoms. The third-order valence-electron chi connectivity index (χ3n) is 3.32. The van der Waals surface area contributed by atoms with Gasteiger partial charge in [-0.05, 0) is 32.8 Å². The van der Waals surface area contributed by atoms with Gasteiger partial charge in [0.2, 0.25) is 0 Å². The van der Waals surface area contributed by atoms with Gasteiger partial charge >= 0.3 is 0 Å². The summed E-state index contributed by atoms with van der Waals surface area (Å²) in [7, 11) is 0. The predicted octanol–water partition coefficient (Wildman–Crippen LogP) is 1.98. The van der Waals surface area contributed by atoms with Crippen molar-refractivity contribution in [3.8, 4) is 0 Å². The smallest absolute Gasteiger partial charge is 0.154 e. The van der Waals surface area contributed by atoms with Crippen LogP contribution in [0.4, 0.5) is 5.82 Å². The predicted molar refractivity (Wildman–Crippen MR) is 81.3 cm³/mol. The van der Waals surface area contributed by atoms with Crippen molar-refractivity contribution in [1.29, 1.82) is 0 Å². The summed E-state index contributed by atoms with van der Waals surface area (Å²) in [4.78, 5) is 9.04. The van der Waals surface area contributed by atoms with E-state index in [-0.39, 0.29) is 0 Å². The van der Waals surface area contributed by atoms with E-state index in [2.05, 4.69) is 36.2 Å². The van der Waals surface area contributed by atoms with Crippen LogP contribution < -0.4 is 11.2 Å². The molecule has 2 aromatic heterocycles. The summed E-state index contributed by atoms with van der Waals surface area (Å²) >= 11 is 0. The second-order valence-corrected chi connectivity index (χ2v) is 4.63. The molecule has 0 aliphatic rings. The Morgan fingerprint density at radius 1 is 1.25 bits per heavy atom. The number of nitrogens with one attached hydrogen (secondary N) is 1. The van der Waals surface area contributed by atoms with Crippen LogP contribution in [0.5, 0.6) is 0 Å². The first-order valence-electron chi connectivity index (χ1n) is 7.11. The van der Waals surface area contributed by atoms with Crippen LogP contribution >= 0.6 is 0 Å². The molecule has 2 aromatic rings. The summed E-state index contributed by atoms with van der Waals surface area (Å²) in [5.41, 5.74) is 13.3. The molecule has 2 rings (SSSR count). The zero-order chi connectivity index (χ0) is 14.7. The van der Waals surface area contributed by atoms with Crippen LogP contribution in [0.25, 0.3) is 11.0 Å². The summed E-state index contributed by atoms with van der Waals surface area (Å²) in [5, 5.41) is 0. The molecule has 20 heavy (non-hydrogen) atoms. The molecule has 3 N–H and O–H groups in total. The molecule has 0 aliphatic heterocycles. The number of hydrogen-bond acceptors (Lipinski definition) is 5. The van der Waals surface area contributed by atoms with Crippen molar-refractivity contribution in [3.05, 3.63) is 17.1 Å². The fourth-order valence-electron chi connectivity index (χ4n) is 2.37. The maximum atomic E-state index is 6.05. The van der Waals surface area contributed by atoms with E-state index in [1.165, 1.54) is 0 Å². The number of nitrogens with two attached hydrogens (primary N) is 1. The zero-order valence-electron chi connectivity index (χ0n) is 12.7. The normalized spacial score (nSPS) is 11.2. The minimum Gasteiger partial charge on any atom is -0.382 e. The molecule has 0 aliphatic carbocycles. The Labute approximate surface area is 119 Å². The first-order chi connectivity index (χ1) is 9.63. The minimum absolute atomic E-state index is 0.457. The topological polar surface area (TPSA) is 78.0 Å². The van der Waals surface area contributed by atoms with Crippen molar-refractivity contribution in [2.75, 3.05) is 24.3 Å². The van der Waals surface area contributed by atoms with Gasteiger partial charge in [-0.3, -0.25) is 0 Å². The van der Waals surface area contributed by atoms with Gasteiger partial charge in [-0.1, -0.05) is 6.92 Å². The number of imidazole rings is 1. The van der Waals surface area contributed by atoms with Crippen molar-refractivity contribution in [2.45, 2.75) is 40.7 Å². The van der Waals surface area contributed by atoms with Crippen molar-refractivity contribution in [1.82, 2.24) is 14.6 Å². The lowest BCUT2D eigenvalue weighted by Gasteiger charge is -2.13. The molecule has 0 amide bonds. The van der Waals surface area contributed by atoms with Gasteiger partial charge in [-0.25, -0.2) is 14.6 Å². The van der Waals surface area contributed by atoms with Crippen LogP contribution in [-0.2, 0) is 17.8 Å². The molecule has 110 valence electrons. The highest BCUT2D eigenvalue weighted by molar-refractivity contribution is 5.88. The highest BCUT2D eigenvalue weighted by Crippen LogP contribution is 2.26. The summed E-state index contributed by atoms with van der Waals surface area (Å²) in [6.45, 7) is 10.1. The number of anilines is 1. The number of aromatic nitrogens is 3. The standard InChI is InChI=1S/C14H23N5O/c1-5-10-9(4)13-12(14(15)17-10)18-11(8-20-7-3)19(13)16-6-2/h16H,5-8H2,1-4H3,(H2,15,17). The number of nitrogens with zero attached hydrogens (tertiary/aromatic N) is 3. The molecular weight excluding hydrogens is 254 g/mol. The van der Waals surface area contributed by atoms with E-state index in [0.717, 1.165) is 41.1 Å². The second-order valence-electron chi connectivity index (χ2n) is 4.63. The fourth-order valence-corrected chi connectivity index (χ4v) is 2.37. The number of nitrogen functional groups attached to an aromatic ring is 1. The van der Waals surface area contributed by atoms with Gasteiger partial charge in [0.25, 0.3) is 0 Å². The highest BCUT2D eigenvalue weighted by atomic mass is 16.5. The SMILES string of the molecule is CCNn1c(COCC)nc2c(N)nc(CC)c(C)c21. The molecule has 0 radical (unpaired) electrons. The first-order valence-corrected chi connectivity index (χ1v) is 7.11. The molecule has 2 heterocycles. The molecule has 0 unspecified atom stereocenters. The van der Waals surface area contributed by atoms with Crippen LogP contribution in [0.2, 0.25) is 0 Å². The Bertz CT molecular complexity index is 605. The van der Waals surface area contributed by atoms with E-state index in [4.69, 9.17) is 10.5 Å². The molecule has 0 bridgehead atoms. The quantitative estimate of drug-likeness (QED) is 0.844. The van der Waals surface area contributed by atoms with Crippen LogP contribution in [-0.4, -0.2) is 27.8 Å². The molecule has 6 nitrogen and oxygen atoms in total. The number of ether oxygens (including phenoxy) is 1. The van der Waals surface area contributed by atoms with Crippen LogP contribution in [0.1, 0.15) is 37.9 Å². The largest absolute Gasteiger partial charge is 0.382 e. The van der Waals surface area contributed by atoms with E-state index < -0.39 is 0 Å². The lowest BCUT2D eigenvalue weighted by molar-refractivity contribution is 0.127. The Kier molecular flexibility index (Phi) is 4.44. The van der Waals surface area contributed by atoms with E-state index in [0.29, 0.717) is 19.0 Å². The number of aryl methyl sites for hydroxylation is 2. The van der Waals surface area contributed by atoms with Gasteiger partial charge in [0.1, 0.15) is 12.1 Å². The average Bonchev–Trinajstić information content (AvgIpc) is 2.80. The lowest BCUT2D eigenvalue weighted by Crippen LogP contribution is -2.18. The molecular formula is C14H23N5O. The van der Waals surface area contributed by atoms with Crippen LogP contribution in [0.15, 0.2) is 0 Å². The Hall–Kier alpha value is -1.82. The monoisotopic (exact) mass is 277 g/mol.